The molecule has 39 heavy (non-hydrogen) atoms. The number of benzene rings is 1. The third-order valence-electron chi connectivity index (χ3n) is 6.29. The molecule has 3 aromatic rings. The Kier molecular flexibility index (Phi) is 10.8. The van der Waals surface area contributed by atoms with Gasteiger partial charge >= 0.3 is 5.97 Å². The highest BCUT2D eigenvalue weighted by atomic mass is 16.5. The summed E-state index contributed by atoms with van der Waals surface area (Å²) >= 11 is 0. The molecule has 1 amide bonds. The molecule has 0 saturated heterocycles. The van der Waals surface area contributed by atoms with Crippen LogP contribution in [-0.2, 0) is 14.3 Å². The molecule has 204 valence electrons. The number of carbonyl (C=O) groups is 2. The monoisotopic (exact) mass is 529 g/mol. The van der Waals surface area contributed by atoms with E-state index in [1.54, 1.807) is 36.8 Å². The number of hydrogen-bond donors (Lipinski definition) is 1. The minimum absolute atomic E-state index is 0.115. The van der Waals surface area contributed by atoms with Crippen molar-refractivity contribution in [3.8, 4) is 16.9 Å². The lowest BCUT2D eigenvalue weighted by Gasteiger charge is -2.23. The minimum Gasteiger partial charge on any atom is -0.493 e. The van der Waals surface area contributed by atoms with Gasteiger partial charge < -0.3 is 19.4 Å². The van der Waals surface area contributed by atoms with E-state index in [1.807, 2.05) is 37.3 Å². The molecule has 0 fully saturated rings. The lowest BCUT2D eigenvalue weighted by molar-refractivity contribution is -0.141. The standard InChI is InChI=1S/C31H35N3O5/c1-5-7-10-17-39-27-14-11-13-22(3)30(27)24-18-23(20-32-21-24)25(19-29(36)38-4)33-31(37)26(12-6-2)34-16-9-8-15-28(34)35/h5-6,8-9,11,13-16,18,20-21,25-26H,1-2,7,10,12,17,19H2,3-4H3,(H,33,37)/t25-,26-/m0/s1. The van der Waals surface area contributed by atoms with Crippen molar-refractivity contribution in [2.45, 2.75) is 44.7 Å². The van der Waals surface area contributed by atoms with E-state index in [0.29, 0.717) is 12.2 Å². The Labute approximate surface area is 229 Å². The Morgan fingerprint density at radius 3 is 2.67 bits per heavy atom. The van der Waals surface area contributed by atoms with Crippen molar-refractivity contribution in [2.75, 3.05) is 13.7 Å². The Balaban J connectivity index is 1.96. The molecular formula is C31H35N3O5. The van der Waals surface area contributed by atoms with Crippen LogP contribution >= 0.6 is 0 Å². The summed E-state index contributed by atoms with van der Waals surface area (Å²) in [6.45, 7) is 10.0. The molecule has 8 nitrogen and oxygen atoms in total. The summed E-state index contributed by atoms with van der Waals surface area (Å²) in [4.78, 5) is 42.7. The van der Waals surface area contributed by atoms with Gasteiger partial charge in [-0.2, -0.15) is 0 Å². The van der Waals surface area contributed by atoms with E-state index in [0.717, 1.165) is 35.3 Å². The van der Waals surface area contributed by atoms with Crippen molar-refractivity contribution in [3.63, 3.8) is 0 Å². The quantitative estimate of drug-likeness (QED) is 0.177. The molecule has 8 heteroatoms. The second kappa shape index (κ2) is 14.5. The zero-order chi connectivity index (χ0) is 28.2. The van der Waals surface area contributed by atoms with Crippen molar-refractivity contribution < 1.29 is 19.1 Å². The van der Waals surface area contributed by atoms with Crippen LogP contribution in [0.3, 0.4) is 0 Å². The number of pyridine rings is 2. The van der Waals surface area contributed by atoms with Gasteiger partial charge in [-0.1, -0.05) is 30.4 Å². The first-order valence-electron chi connectivity index (χ1n) is 12.8. The number of aromatic nitrogens is 2. The molecule has 0 aliphatic carbocycles. The van der Waals surface area contributed by atoms with Crippen LogP contribution in [0.2, 0.25) is 0 Å². The first kappa shape index (κ1) is 29.1. The van der Waals surface area contributed by atoms with Crippen LogP contribution < -0.4 is 15.6 Å². The van der Waals surface area contributed by atoms with Gasteiger partial charge in [-0.15, -0.1) is 13.2 Å². The number of amides is 1. The van der Waals surface area contributed by atoms with Gasteiger partial charge in [0.2, 0.25) is 5.91 Å². The normalized spacial score (nSPS) is 12.2. The molecule has 2 atom stereocenters. The van der Waals surface area contributed by atoms with E-state index < -0.39 is 24.0 Å². The highest BCUT2D eigenvalue weighted by Crippen LogP contribution is 2.34. The molecule has 0 spiro atoms. The molecule has 0 unspecified atom stereocenters. The van der Waals surface area contributed by atoms with Crippen LogP contribution in [0.25, 0.3) is 11.1 Å². The van der Waals surface area contributed by atoms with Gasteiger partial charge in [0.1, 0.15) is 11.8 Å². The fourth-order valence-electron chi connectivity index (χ4n) is 4.30. The summed E-state index contributed by atoms with van der Waals surface area (Å²) in [5.41, 5.74) is 2.97. The number of rotatable bonds is 14. The molecule has 0 aliphatic heterocycles. The van der Waals surface area contributed by atoms with Crippen LogP contribution in [0, 0.1) is 6.92 Å². The number of aryl methyl sites for hydroxylation is 1. The van der Waals surface area contributed by atoms with Crippen molar-refractivity contribution in [2.24, 2.45) is 0 Å². The lowest BCUT2D eigenvalue weighted by atomic mass is 9.97. The zero-order valence-electron chi connectivity index (χ0n) is 22.5. The molecule has 2 aromatic heterocycles. The summed E-state index contributed by atoms with van der Waals surface area (Å²) < 4.78 is 12.3. The first-order valence-corrected chi connectivity index (χ1v) is 12.8. The number of allylic oxidation sites excluding steroid dienone is 2. The maximum atomic E-state index is 13.5. The molecule has 0 aliphatic rings. The van der Waals surface area contributed by atoms with E-state index in [1.165, 1.54) is 17.7 Å². The van der Waals surface area contributed by atoms with Crippen LogP contribution in [0.15, 0.2) is 91.2 Å². The van der Waals surface area contributed by atoms with E-state index in [9.17, 15) is 14.4 Å². The average Bonchev–Trinajstić information content (AvgIpc) is 2.94. The van der Waals surface area contributed by atoms with Crippen molar-refractivity contribution in [3.05, 3.63) is 108 Å². The van der Waals surface area contributed by atoms with Gasteiger partial charge in [-0.05, 0) is 55.5 Å². The molecule has 2 heterocycles. The highest BCUT2D eigenvalue weighted by molar-refractivity contribution is 5.82. The van der Waals surface area contributed by atoms with E-state index in [2.05, 4.69) is 23.5 Å². The highest BCUT2D eigenvalue weighted by Gasteiger charge is 2.26. The second-order valence-corrected chi connectivity index (χ2v) is 9.06. The number of carbonyl (C=O) groups excluding carboxylic acids is 2. The number of ether oxygens (including phenoxy) is 2. The van der Waals surface area contributed by atoms with Crippen molar-refractivity contribution in [1.29, 1.82) is 0 Å². The topological polar surface area (TPSA) is 99.5 Å². The maximum Gasteiger partial charge on any atom is 0.307 e. The molecule has 3 rings (SSSR count). The molecule has 1 aromatic carbocycles. The SMILES string of the molecule is C=CCCCOc1cccc(C)c1-c1cncc([C@H](CC(=O)OC)NC(=O)[C@H](CC=C)n2ccccc2=O)c1. The number of methoxy groups -OCH3 is 1. The van der Waals surface area contributed by atoms with Gasteiger partial charge in [-0.3, -0.25) is 19.4 Å². The molecule has 1 N–H and O–H groups in total. The Morgan fingerprint density at radius 2 is 1.95 bits per heavy atom. The predicted octanol–water partition coefficient (Wildman–Crippen LogP) is 5.10. The van der Waals surface area contributed by atoms with Gasteiger partial charge in [0, 0.05) is 35.8 Å². The molecule has 0 saturated carbocycles. The molecule has 0 radical (unpaired) electrons. The van der Waals surface area contributed by atoms with Crippen LogP contribution in [-0.4, -0.2) is 35.1 Å². The minimum atomic E-state index is -0.834. The number of nitrogens with zero attached hydrogens (tertiary/aromatic N) is 2. The smallest absolute Gasteiger partial charge is 0.307 e. The van der Waals surface area contributed by atoms with Crippen molar-refractivity contribution in [1.82, 2.24) is 14.9 Å². The third-order valence-corrected chi connectivity index (χ3v) is 6.29. The van der Waals surface area contributed by atoms with Gasteiger partial charge in [0.25, 0.3) is 5.56 Å². The Hall–Kier alpha value is -4.46. The van der Waals surface area contributed by atoms with E-state index in [4.69, 9.17) is 9.47 Å². The van der Waals surface area contributed by atoms with Gasteiger partial charge in [0.15, 0.2) is 0 Å². The zero-order valence-corrected chi connectivity index (χ0v) is 22.5. The number of esters is 1. The first-order chi connectivity index (χ1) is 18.9. The third kappa shape index (κ3) is 7.77. The number of hydrogen-bond acceptors (Lipinski definition) is 6. The summed E-state index contributed by atoms with van der Waals surface area (Å²) in [7, 11) is 1.29. The van der Waals surface area contributed by atoms with Crippen LogP contribution in [0.1, 0.15) is 48.9 Å². The summed E-state index contributed by atoms with van der Waals surface area (Å²) in [6, 6.07) is 10.8. The van der Waals surface area contributed by atoms with E-state index in [-0.39, 0.29) is 18.4 Å². The number of unbranched alkanes of at least 4 members (excludes halogenated alkanes) is 1. The average molecular weight is 530 g/mol. The Bertz CT molecular complexity index is 1360. The molecule has 0 bridgehead atoms. The van der Waals surface area contributed by atoms with Crippen LogP contribution in [0.4, 0.5) is 0 Å². The predicted molar refractivity (Wildman–Crippen MR) is 151 cm³/mol. The second-order valence-electron chi connectivity index (χ2n) is 9.06. The number of nitrogens with one attached hydrogen (secondary N) is 1. The fourth-order valence-corrected chi connectivity index (χ4v) is 4.30. The van der Waals surface area contributed by atoms with Crippen molar-refractivity contribution >= 4 is 11.9 Å². The Morgan fingerprint density at radius 1 is 1.13 bits per heavy atom. The maximum absolute atomic E-state index is 13.5. The molecular weight excluding hydrogens is 494 g/mol. The fraction of sp³-hybridized carbons (Fsp3) is 0.290. The summed E-state index contributed by atoms with van der Waals surface area (Å²) in [5, 5.41) is 2.94. The summed E-state index contributed by atoms with van der Waals surface area (Å²) in [6.07, 6.45) is 10.1. The largest absolute Gasteiger partial charge is 0.493 e. The summed E-state index contributed by atoms with van der Waals surface area (Å²) in [5.74, 6) is -0.198. The van der Waals surface area contributed by atoms with Crippen LogP contribution in [0.5, 0.6) is 5.75 Å². The van der Waals surface area contributed by atoms with Gasteiger partial charge in [-0.25, -0.2) is 0 Å². The van der Waals surface area contributed by atoms with Gasteiger partial charge in [0.05, 0.1) is 26.2 Å². The lowest BCUT2D eigenvalue weighted by Crippen LogP contribution is -2.39. The van der Waals surface area contributed by atoms with E-state index >= 15 is 0 Å².